The van der Waals surface area contributed by atoms with E-state index in [1.54, 1.807) is 0 Å². The molecule has 0 amide bonds. The van der Waals surface area contributed by atoms with E-state index in [4.69, 9.17) is 0 Å². The van der Waals surface area contributed by atoms with Crippen molar-refractivity contribution in [2.45, 2.75) is 5.92 Å². The second kappa shape index (κ2) is 1.95. The van der Waals surface area contributed by atoms with Crippen LogP contribution in [0.25, 0.3) is 0 Å². The van der Waals surface area contributed by atoms with Gasteiger partial charge in [-0.15, -0.1) is 0 Å². The van der Waals surface area contributed by atoms with Crippen LogP contribution in [-0.2, 0) is 0 Å². The Morgan fingerprint density at radius 1 is 1.50 bits per heavy atom. The summed E-state index contributed by atoms with van der Waals surface area (Å²) in [6, 6.07) is 0. The summed E-state index contributed by atoms with van der Waals surface area (Å²) in [5.41, 5.74) is -0.220. The molecule has 1 aromatic rings. The number of hydrogen-bond donors (Lipinski definition) is 3. The molecule has 0 atom stereocenters. The van der Waals surface area contributed by atoms with Crippen LogP contribution in [0.1, 0.15) is 11.7 Å². The molecule has 0 bridgehead atoms. The van der Waals surface area contributed by atoms with Crippen molar-refractivity contribution >= 4 is 0 Å². The van der Waals surface area contributed by atoms with Crippen LogP contribution < -0.4 is 11.0 Å². The molecule has 1 aliphatic rings. The molecule has 0 spiro atoms. The molecule has 2 heterocycles. The zero-order valence-electron chi connectivity index (χ0n) is 5.35. The topological polar surface area (TPSA) is 73.6 Å². The minimum Gasteiger partial charge on any atom is -0.315 e. The Hall–Kier alpha value is -1.10. The van der Waals surface area contributed by atoms with E-state index in [9.17, 15) is 4.79 Å². The third-order valence-corrected chi connectivity index (χ3v) is 1.69. The molecule has 0 unspecified atom stereocenters. The number of nitrogens with zero attached hydrogens (tertiary/aromatic N) is 1. The molecule has 54 valence electrons. The van der Waals surface area contributed by atoms with Gasteiger partial charge in [-0.2, -0.15) is 5.10 Å². The lowest BCUT2D eigenvalue weighted by Gasteiger charge is -2.23. The summed E-state index contributed by atoms with van der Waals surface area (Å²) >= 11 is 0. The fraction of sp³-hybridized carbons (Fsp3) is 0.600. The largest absolute Gasteiger partial charge is 0.340 e. The van der Waals surface area contributed by atoms with Crippen LogP contribution in [-0.4, -0.2) is 28.3 Å². The molecule has 0 aliphatic carbocycles. The average molecular weight is 140 g/mol. The molecule has 5 nitrogen and oxygen atoms in total. The van der Waals surface area contributed by atoms with Crippen molar-refractivity contribution in [1.82, 2.24) is 20.5 Å². The number of hydrogen-bond acceptors (Lipinski definition) is 3. The van der Waals surface area contributed by atoms with Crippen LogP contribution in [0.15, 0.2) is 4.79 Å². The van der Waals surface area contributed by atoms with E-state index in [2.05, 4.69) is 20.5 Å². The zero-order chi connectivity index (χ0) is 6.97. The van der Waals surface area contributed by atoms with Crippen LogP contribution in [0.5, 0.6) is 0 Å². The third-order valence-electron chi connectivity index (χ3n) is 1.69. The van der Waals surface area contributed by atoms with Crippen molar-refractivity contribution in [2.24, 2.45) is 0 Å². The van der Waals surface area contributed by atoms with E-state index in [-0.39, 0.29) is 5.69 Å². The van der Waals surface area contributed by atoms with E-state index in [1.807, 2.05) is 0 Å². The number of H-pyrrole nitrogens is 2. The Kier molecular flexibility index (Phi) is 1.10. The summed E-state index contributed by atoms with van der Waals surface area (Å²) in [5.74, 6) is 1.17. The lowest BCUT2D eigenvalue weighted by molar-refractivity contribution is 0.431. The first-order valence-corrected chi connectivity index (χ1v) is 3.21. The van der Waals surface area contributed by atoms with Gasteiger partial charge in [0.1, 0.15) is 5.82 Å². The predicted molar refractivity (Wildman–Crippen MR) is 34.8 cm³/mol. The van der Waals surface area contributed by atoms with Crippen LogP contribution in [0.2, 0.25) is 0 Å². The molecule has 0 radical (unpaired) electrons. The van der Waals surface area contributed by atoms with Crippen molar-refractivity contribution in [1.29, 1.82) is 0 Å². The van der Waals surface area contributed by atoms with Gasteiger partial charge < -0.3 is 5.32 Å². The fourth-order valence-corrected chi connectivity index (χ4v) is 0.959. The Labute approximate surface area is 56.8 Å². The van der Waals surface area contributed by atoms with Crippen molar-refractivity contribution < 1.29 is 0 Å². The van der Waals surface area contributed by atoms with E-state index in [0.29, 0.717) is 5.92 Å². The number of rotatable bonds is 1. The fourth-order valence-electron chi connectivity index (χ4n) is 0.959. The monoisotopic (exact) mass is 140 g/mol. The summed E-state index contributed by atoms with van der Waals surface area (Å²) in [5, 5.41) is 9.23. The number of nitrogens with one attached hydrogen (secondary N) is 3. The minimum absolute atomic E-state index is 0.220. The minimum atomic E-state index is -0.220. The van der Waals surface area contributed by atoms with Crippen LogP contribution in [0, 0.1) is 0 Å². The van der Waals surface area contributed by atoms with Crippen molar-refractivity contribution in [3.8, 4) is 0 Å². The molecule has 10 heavy (non-hydrogen) atoms. The van der Waals surface area contributed by atoms with Gasteiger partial charge in [-0.1, -0.05) is 0 Å². The van der Waals surface area contributed by atoms with Crippen LogP contribution >= 0.6 is 0 Å². The number of aromatic amines is 2. The smallest absolute Gasteiger partial charge is 0.315 e. The molecule has 2 rings (SSSR count). The maximum absolute atomic E-state index is 10.5. The van der Waals surface area contributed by atoms with Gasteiger partial charge in [0.15, 0.2) is 0 Å². The molecule has 1 aliphatic heterocycles. The van der Waals surface area contributed by atoms with Crippen molar-refractivity contribution in [3.63, 3.8) is 0 Å². The lowest BCUT2D eigenvalue weighted by Crippen LogP contribution is -2.40. The quantitative estimate of drug-likeness (QED) is 0.458. The summed E-state index contributed by atoms with van der Waals surface area (Å²) < 4.78 is 0. The first-order valence-electron chi connectivity index (χ1n) is 3.21. The van der Waals surface area contributed by atoms with Crippen LogP contribution in [0.3, 0.4) is 0 Å². The Morgan fingerprint density at radius 2 is 2.30 bits per heavy atom. The Morgan fingerprint density at radius 3 is 2.70 bits per heavy atom. The van der Waals surface area contributed by atoms with Gasteiger partial charge in [0.2, 0.25) is 0 Å². The first-order chi connectivity index (χ1) is 4.86. The van der Waals surface area contributed by atoms with E-state index in [1.165, 1.54) is 0 Å². The molecular formula is C5H8N4O. The maximum Gasteiger partial charge on any atom is 0.340 e. The summed E-state index contributed by atoms with van der Waals surface area (Å²) in [4.78, 5) is 13.2. The molecule has 1 saturated heterocycles. The SMILES string of the molecule is O=c1[nH]nc(C2CNC2)[nH]1. The highest BCUT2D eigenvalue weighted by Gasteiger charge is 2.21. The molecule has 3 N–H and O–H groups in total. The van der Waals surface area contributed by atoms with Gasteiger partial charge in [0.05, 0.1) is 0 Å². The van der Waals surface area contributed by atoms with Gasteiger partial charge in [0.25, 0.3) is 0 Å². The molecular weight excluding hydrogens is 132 g/mol. The molecule has 1 fully saturated rings. The standard InChI is InChI=1S/C5H8N4O/c10-5-7-4(8-9-5)3-1-6-2-3/h3,6H,1-2H2,(H2,7,8,9,10). The highest BCUT2D eigenvalue weighted by Crippen LogP contribution is 2.12. The Balaban J connectivity index is 2.25. The summed E-state index contributed by atoms with van der Waals surface area (Å²) in [6.07, 6.45) is 0. The summed E-state index contributed by atoms with van der Waals surface area (Å²) in [6.45, 7) is 1.83. The summed E-state index contributed by atoms with van der Waals surface area (Å²) in [7, 11) is 0. The van der Waals surface area contributed by atoms with Gasteiger partial charge in [-0.05, 0) is 0 Å². The zero-order valence-corrected chi connectivity index (χ0v) is 5.35. The van der Waals surface area contributed by atoms with Gasteiger partial charge in [-0.25, -0.2) is 9.89 Å². The highest BCUT2D eigenvalue weighted by molar-refractivity contribution is 5.00. The van der Waals surface area contributed by atoms with Crippen molar-refractivity contribution in [2.75, 3.05) is 13.1 Å². The third kappa shape index (κ3) is 0.750. The maximum atomic E-state index is 10.5. The van der Waals surface area contributed by atoms with Gasteiger partial charge >= 0.3 is 5.69 Å². The molecule has 5 heteroatoms. The van der Waals surface area contributed by atoms with Crippen molar-refractivity contribution in [3.05, 3.63) is 16.3 Å². The lowest BCUT2D eigenvalue weighted by atomic mass is 10.0. The van der Waals surface area contributed by atoms with Crippen LogP contribution in [0.4, 0.5) is 0 Å². The first kappa shape index (κ1) is 5.67. The molecule has 0 saturated carbocycles. The molecule has 1 aromatic heterocycles. The molecule has 0 aromatic carbocycles. The highest BCUT2D eigenvalue weighted by atomic mass is 16.1. The van der Waals surface area contributed by atoms with E-state index >= 15 is 0 Å². The Bertz CT molecular complexity index is 271. The van der Waals surface area contributed by atoms with Gasteiger partial charge in [0, 0.05) is 19.0 Å². The average Bonchev–Trinajstić information content (AvgIpc) is 2.10. The number of aromatic nitrogens is 3. The van der Waals surface area contributed by atoms with E-state index < -0.39 is 0 Å². The van der Waals surface area contributed by atoms with Gasteiger partial charge in [-0.3, -0.25) is 4.98 Å². The normalized spacial score (nSPS) is 18.8. The van der Waals surface area contributed by atoms with E-state index in [0.717, 1.165) is 18.9 Å². The second-order valence-electron chi connectivity index (χ2n) is 2.42. The second-order valence-corrected chi connectivity index (χ2v) is 2.42. The predicted octanol–water partition coefficient (Wildman–Crippen LogP) is -1.22.